The summed E-state index contributed by atoms with van der Waals surface area (Å²) in [6, 6.07) is 10.1. The van der Waals surface area contributed by atoms with Gasteiger partial charge in [0.25, 0.3) is 0 Å². The zero-order valence-corrected chi connectivity index (χ0v) is 14.1. The molecule has 0 bridgehead atoms. The fourth-order valence-electron chi connectivity index (χ4n) is 2.99. The predicted octanol–water partition coefficient (Wildman–Crippen LogP) is 2.50. The van der Waals surface area contributed by atoms with Gasteiger partial charge in [-0.2, -0.15) is 0 Å². The van der Waals surface area contributed by atoms with Crippen LogP contribution in [0.4, 0.5) is 23.0 Å². The Morgan fingerprint density at radius 2 is 1.96 bits per heavy atom. The normalized spacial score (nSPS) is 14.7. The average molecular weight is 336 g/mol. The highest BCUT2D eigenvalue weighted by atomic mass is 16.5. The highest BCUT2D eigenvalue weighted by Crippen LogP contribution is 2.31. The lowest BCUT2D eigenvalue weighted by Gasteiger charge is -2.29. The van der Waals surface area contributed by atoms with Crippen molar-refractivity contribution < 1.29 is 4.74 Å². The van der Waals surface area contributed by atoms with Gasteiger partial charge in [0.2, 0.25) is 0 Å². The van der Waals surface area contributed by atoms with E-state index >= 15 is 0 Å². The molecule has 0 aliphatic carbocycles. The molecule has 1 fully saturated rings. The van der Waals surface area contributed by atoms with E-state index in [1.165, 1.54) is 6.33 Å². The van der Waals surface area contributed by atoms with Crippen molar-refractivity contribution in [2.45, 2.75) is 6.92 Å². The molecule has 3 heterocycles. The third-order valence-corrected chi connectivity index (χ3v) is 4.29. The number of hydrogen-bond donors (Lipinski definition) is 2. The van der Waals surface area contributed by atoms with Gasteiger partial charge in [0.05, 0.1) is 24.4 Å². The number of rotatable bonds is 3. The number of fused-ring (bicyclic) bond motifs is 1. The molecule has 0 unspecified atom stereocenters. The molecule has 7 heteroatoms. The molecule has 128 valence electrons. The second kappa shape index (κ2) is 6.52. The van der Waals surface area contributed by atoms with E-state index in [1.54, 1.807) is 0 Å². The minimum absolute atomic E-state index is 0.536. The Balaban J connectivity index is 1.71. The van der Waals surface area contributed by atoms with E-state index in [4.69, 9.17) is 10.5 Å². The molecule has 3 aromatic rings. The van der Waals surface area contributed by atoms with Crippen LogP contribution in [0, 0.1) is 6.92 Å². The van der Waals surface area contributed by atoms with E-state index in [2.05, 4.69) is 31.2 Å². The highest BCUT2D eigenvalue weighted by molar-refractivity contribution is 5.93. The molecule has 0 saturated carbocycles. The molecule has 7 nitrogen and oxygen atoms in total. The number of pyridine rings is 1. The van der Waals surface area contributed by atoms with Crippen LogP contribution in [0.1, 0.15) is 5.69 Å². The van der Waals surface area contributed by atoms with Crippen LogP contribution in [-0.4, -0.2) is 41.3 Å². The Bertz CT molecular complexity index is 907. The van der Waals surface area contributed by atoms with Gasteiger partial charge in [-0.1, -0.05) is 18.2 Å². The lowest BCUT2D eigenvalue weighted by molar-refractivity contribution is 0.122. The van der Waals surface area contributed by atoms with E-state index in [0.29, 0.717) is 24.7 Å². The molecule has 0 amide bonds. The number of nitrogens with zero attached hydrogens (tertiary/aromatic N) is 4. The fourth-order valence-corrected chi connectivity index (χ4v) is 2.99. The van der Waals surface area contributed by atoms with Crippen LogP contribution >= 0.6 is 0 Å². The van der Waals surface area contributed by atoms with Crippen molar-refractivity contribution in [1.82, 2.24) is 15.0 Å². The Kier molecular flexibility index (Phi) is 4.07. The number of hydrogen-bond acceptors (Lipinski definition) is 7. The number of aromatic nitrogens is 3. The Labute approximate surface area is 145 Å². The maximum Gasteiger partial charge on any atom is 0.159 e. The molecule has 1 aliphatic rings. The molecule has 1 saturated heterocycles. The molecule has 0 spiro atoms. The molecule has 1 aromatic carbocycles. The van der Waals surface area contributed by atoms with Crippen LogP contribution in [0.5, 0.6) is 0 Å². The third kappa shape index (κ3) is 3.06. The number of nitrogens with two attached hydrogens (primary N) is 1. The van der Waals surface area contributed by atoms with Crippen LogP contribution in [-0.2, 0) is 4.74 Å². The summed E-state index contributed by atoms with van der Waals surface area (Å²) in [6.07, 6.45) is 1.54. The minimum Gasteiger partial charge on any atom is -0.393 e. The number of ether oxygens (including phenoxy) is 1. The first kappa shape index (κ1) is 15.6. The quantitative estimate of drug-likeness (QED) is 0.759. The van der Waals surface area contributed by atoms with E-state index in [1.807, 2.05) is 31.2 Å². The predicted molar refractivity (Wildman–Crippen MR) is 99.2 cm³/mol. The third-order valence-electron chi connectivity index (χ3n) is 4.29. The largest absolute Gasteiger partial charge is 0.393 e. The van der Waals surface area contributed by atoms with Gasteiger partial charge in [0.1, 0.15) is 12.0 Å². The van der Waals surface area contributed by atoms with E-state index in [9.17, 15) is 0 Å². The smallest absolute Gasteiger partial charge is 0.159 e. The molecular weight excluding hydrogens is 316 g/mol. The van der Waals surface area contributed by atoms with Gasteiger partial charge >= 0.3 is 0 Å². The van der Waals surface area contributed by atoms with Crippen molar-refractivity contribution >= 4 is 33.9 Å². The summed E-state index contributed by atoms with van der Waals surface area (Å²) in [5.41, 5.74) is 9.62. The second-order valence-corrected chi connectivity index (χ2v) is 6.01. The van der Waals surface area contributed by atoms with Crippen LogP contribution in [0.2, 0.25) is 0 Å². The van der Waals surface area contributed by atoms with Crippen LogP contribution < -0.4 is 16.0 Å². The molecule has 4 rings (SSSR count). The second-order valence-electron chi connectivity index (χ2n) is 6.01. The minimum atomic E-state index is 0.536. The number of nitrogens with one attached hydrogen (secondary N) is 1. The summed E-state index contributed by atoms with van der Waals surface area (Å²) in [4.78, 5) is 15.4. The van der Waals surface area contributed by atoms with Crippen molar-refractivity contribution in [2.24, 2.45) is 0 Å². The molecule has 2 aromatic heterocycles. The maximum absolute atomic E-state index is 6.35. The average Bonchev–Trinajstić information content (AvgIpc) is 2.64. The van der Waals surface area contributed by atoms with Crippen molar-refractivity contribution in [3.05, 3.63) is 42.4 Å². The summed E-state index contributed by atoms with van der Waals surface area (Å²) >= 11 is 0. The first-order valence-electron chi connectivity index (χ1n) is 8.29. The van der Waals surface area contributed by atoms with Gasteiger partial charge in [-0.05, 0) is 19.1 Å². The van der Waals surface area contributed by atoms with Gasteiger partial charge in [-0.15, -0.1) is 0 Å². The zero-order valence-electron chi connectivity index (χ0n) is 14.1. The van der Waals surface area contributed by atoms with E-state index in [0.717, 1.165) is 41.2 Å². The molecule has 25 heavy (non-hydrogen) atoms. The first-order valence-corrected chi connectivity index (χ1v) is 8.29. The molecule has 1 aliphatic heterocycles. The van der Waals surface area contributed by atoms with E-state index in [-0.39, 0.29) is 0 Å². The van der Waals surface area contributed by atoms with Gasteiger partial charge in [0, 0.05) is 24.2 Å². The molecular formula is C18H20N6O. The lowest BCUT2D eigenvalue weighted by atomic mass is 10.1. The van der Waals surface area contributed by atoms with E-state index < -0.39 is 0 Å². The van der Waals surface area contributed by atoms with Crippen molar-refractivity contribution in [3.8, 4) is 0 Å². The number of benzene rings is 1. The van der Waals surface area contributed by atoms with Crippen molar-refractivity contribution in [1.29, 1.82) is 0 Å². The standard InChI is InChI=1S/C18H20N6O/c1-12-5-6-13-3-2-4-14(16(13)22-12)23-17-15(19)18(21-11-20-17)24-7-9-25-10-8-24/h2-6,11H,7-10,19H2,1H3,(H,20,21,23). The first-order chi connectivity index (χ1) is 12.2. The van der Waals surface area contributed by atoms with Crippen LogP contribution in [0.15, 0.2) is 36.7 Å². The number of anilines is 4. The van der Waals surface area contributed by atoms with Gasteiger partial charge in [0.15, 0.2) is 11.6 Å². The number of morpholine rings is 1. The Morgan fingerprint density at radius 1 is 1.12 bits per heavy atom. The maximum atomic E-state index is 6.35. The molecule has 3 N–H and O–H groups in total. The SMILES string of the molecule is Cc1ccc2cccc(Nc3ncnc(N4CCOCC4)c3N)c2n1. The number of aryl methyl sites for hydroxylation is 1. The van der Waals surface area contributed by atoms with Gasteiger partial charge in [-0.25, -0.2) is 9.97 Å². The van der Waals surface area contributed by atoms with Gasteiger partial charge in [-0.3, -0.25) is 4.98 Å². The zero-order chi connectivity index (χ0) is 17.2. The van der Waals surface area contributed by atoms with Gasteiger partial charge < -0.3 is 20.7 Å². The van der Waals surface area contributed by atoms with Crippen LogP contribution in [0.3, 0.4) is 0 Å². The summed E-state index contributed by atoms with van der Waals surface area (Å²) < 4.78 is 5.40. The number of nitrogen functional groups attached to an aromatic ring is 1. The highest BCUT2D eigenvalue weighted by Gasteiger charge is 2.18. The van der Waals surface area contributed by atoms with Crippen LogP contribution in [0.25, 0.3) is 10.9 Å². The monoisotopic (exact) mass is 336 g/mol. The van der Waals surface area contributed by atoms with Crippen molar-refractivity contribution in [2.75, 3.05) is 42.3 Å². The van der Waals surface area contributed by atoms with Crippen molar-refractivity contribution in [3.63, 3.8) is 0 Å². The molecule has 0 atom stereocenters. The Morgan fingerprint density at radius 3 is 2.80 bits per heavy atom. The lowest BCUT2D eigenvalue weighted by Crippen LogP contribution is -2.37. The summed E-state index contributed by atoms with van der Waals surface area (Å²) in [7, 11) is 0. The Hall–Kier alpha value is -2.93. The fraction of sp³-hybridized carbons (Fsp3) is 0.278. The molecule has 0 radical (unpaired) electrons. The number of para-hydroxylation sites is 1. The topological polar surface area (TPSA) is 89.2 Å². The summed E-state index contributed by atoms with van der Waals surface area (Å²) in [5, 5.41) is 4.39. The summed E-state index contributed by atoms with van der Waals surface area (Å²) in [6.45, 7) is 4.88. The summed E-state index contributed by atoms with van der Waals surface area (Å²) in [5.74, 6) is 1.33.